The van der Waals surface area contributed by atoms with E-state index in [0.717, 1.165) is 5.56 Å². The van der Waals surface area contributed by atoms with Gasteiger partial charge in [0.1, 0.15) is 30.5 Å². The number of aliphatic hydroxyl groups excluding tert-OH is 12. The molecule has 3 unspecified atom stereocenters. The van der Waals surface area contributed by atoms with E-state index >= 15 is 0 Å². The molecule has 24 heteroatoms. The van der Waals surface area contributed by atoms with Gasteiger partial charge in [-0.2, -0.15) is 0 Å². The Morgan fingerprint density at radius 1 is 0.636 bits per heavy atom. The molecule has 88 heavy (non-hydrogen) atoms. The molecule has 23 atom stereocenters. The van der Waals surface area contributed by atoms with Crippen LogP contribution >= 0.6 is 0 Å². The van der Waals surface area contributed by atoms with Crippen molar-refractivity contribution in [1.82, 2.24) is 15.1 Å². The van der Waals surface area contributed by atoms with Gasteiger partial charge in [-0.05, 0) is 38.7 Å². The predicted octanol–water partition coefficient (Wildman–Crippen LogP) is -0.596. The fourth-order valence-corrected chi connectivity index (χ4v) is 11.7. The summed E-state index contributed by atoms with van der Waals surface area (Å²) in [6, 6.07) is 8.49. The molecule has 5 heterocycles. The Hall–Kier alpha value is -4.46. The van der Waals surface area contributed by atoms with E-state index in [2.05, 4.69) is 10.2 Å². The molecule has 494 valence electrons. The quantitative estimate of drug-likeness (QED) is 0.145. The molecule has 1 amide bonds. The van der Waals surface area contributed by atoms with Crippen LogP contribution in [0.25, 0.3) is 0 Å². The molecule has 6 rings (SSSR count). The number of esters is 1. The number of hydrogen-bond acceptors (Lipinski definition) is 23. The van der Waals surface area contributed by atoms with E-state index in [9.17, 15) is 81.1 Å². The van der Waals surface area contributed by atoms with E-state index in [1.807, 2.05) is 43.3 Å². The molecule has 0 spiro atoms. The average molecular weight is 1240 g/mol. The summed E-state index contributed by atoms with van der Waals surface area (Å²) in [6.45, 7) is 7.72. The van der Waals surface area contributed by atoms with Crippen molar-refractivity contribution < 1.29 is 105 Å². The summed E-state index contributed by atoms with van der Waals surface area (Å²) in [6.07, 6.45) is -2.85. The van der Waals surface area contributed by atoms with E-state index < -0.39 is 184 Å². The first-order chi connectivity index (χ1) is 41.8. The van der Waals surface area contributed by atoms with Gasteiger partial charge in [0.05, 0.1) is 98.7 Å². The lowest BCUT2D eigenvalue weighted by Crippen LogP contribution is -2.69. The van der Waals surface area contributed by atoms with E-state index in [0.29, 0.717) is 19.6 Å². The van der Waals surface area contributed by atoms with Gasteiger partial charge in [0.2, 0.25) is 11.7 Å². The van der Waals surface area contributed by atoms with Crippen molar-refractivity contribution in [2.75, 3.05) is 39.3 Å². The van der Waals surface area contributed by atoms with Crippen LogP contribution < -0.4 is 5.32 Å². The molecule has 1 aromatic rings. The minimum absolute atomic E-state index is 0.130. The van der Waals surface area contributed by atoms with Gasteiger partial charge in [0, 0.05) is 70.2 Å². The Balaban J connectivity index is 1.27. The summed E-state index contributed by atoms with van der Waals surface area (Å²) in [5.74, 6) is -8.20. The van der Waals surface area contributed by atoms with Crippen LogP contribution in [0.15, 0.2) is 115 Å². The van der Waals surface area contributed by atoms with Crippen molar-refractivity contribution >= 4 is 11.9 Å². The molecule has 2 bridgehead atoms. The normalized spacial score (nSPS) is 43.3. The third-order valence-corrected chi connectivity index (χ3v) is 17.2. The van der Waals surface area contributed by atoms with Crippen molar-refractivity contribution in [3.05, 3.63) is 121 Å². The molecule has 4 fully saturated rings. The summed E-state index contributed by atoms with van der Waals surface area (Å²) in [5, 5.41) is 158. The van der Waals surface area contributed by atoms with Crippen LogP contribution in [0.1, 0.15) is 84.6 Å². The second-order valence-electron chi connectivity index (χ2n) is 24.3. The number of piperazine rings is 1. The van der Waals surface area contributed by atoms with Crippen molar-refractivity contribution in [3.8, 4) is 0 Å². The number of carbonyl (C=O) groups excluding carboxylic acids is 2. The van der Waals surface area contributed by atoms with Gasteiger partial charge in [-0.25, -0.2) is 0 Å². The first-order valence-corrected chi connectivity index (χ1v) is 30.7. The number of ether oxygens (including phenoxy) is 5. The summed E-state index contributed by atoms with van der Waals surface area (Å²) < 4.78 is 29.8. The third-order valence-electron chi connectivity index (χ3n) is 17.2. The minimum Gasteiger partial charge on any atom is -0.462 e. The molecule has 24 nitrogen and oxygen atoms in total. The van der Waals surface area contributed by atoms with Gasteiger partial charge in [0.15, 0.2) is 12.1 Å². The minimum atomic E-state index is -2.47. The zero-order valence-electron chi connectivity index (χ0n) is 50.7. The standard InChI is InChI=1S/C64H97N3O21/c1-39-20-16-13-11-9-7-5-6-8-10-12-14-19-23-47(87-62-59(79)55(57(77)42(4)86-62)65-38-64(83)60(80)58(78)51(74)37-84-64)33-52-54(61(81)67-28-26-66(27-29-67)36-43-21-17-15-18-22-43)50(73)35-63(82,88-52)34-46(70)31-49(72)48(71)25-24-44(68)30-45(69)32-53(75)85-41(3)40(2)56(39)76/h5-23,39-42,44-52,54-60,62,65,68-74,76-80,82-83H,24-38H2,1-4H3/b6-5+,9-7+,10-8+,13-11+,14-12+,20-16+,23-19+/t39-,40?,41-,42+,44+,45+,46-,47-,48+,49+,50-,51+,52?,54?,55-,56+,57+,58-,59-,60-,62-,63+,64+/m0/s1. The monoisotopic (exact) mass is 1240 g/mol. The highest BCUT2D eigenvalue weighted by atomic mass is 16.7. The molecule has 0 saturated carbocycles. The smallest absolute Gasteiger partial charge is 0.308 e. The van der Waals surface area contributed by atoms with Gasteiger partial charge in [-0.1, -0.05) is 129 Å². The molecular weight excluding hydrogens is 1150 g/mol. The number of cyclic esters (lactones) is 1. The Kier molecular flexibility index (Phi) is 28.7. The van der Waals surface area contributed by atoms with Crippen LogP contribution in [0.5, 0.6) is 0 Å². The summed E-state index contributed by atoms with van der Waals surface area (Å²) in [5.41, 5.74) is 1.09. The molecule has 0 radical (unpaired) electrons. The number of allylic oxidation sites excluding steroid dienone is 12. The highest BCUT2D eigenvalue weighted by Crippen LogP contribution is 2.39. The van der Waals surface area contributed by atoms with Gasteiger partial charge in [0.25, 0.3) is 0 Å². The zero-order valence-corrected chi connectivity index (χ0v) is 50.7. The van der Waals surface area contributed by atoms with Crippen molar-refractivity contribution in [1.29, 1.82) is 0 Å². The number of amides is 1. The Morgan fingerprint density at radius 2 is 1.25 bits per heavy atom. The third kappa shape index (κ3) is 21.6. The van der Waals surface area contributed by atoms with Crippen LogP contribution in [0.4, 0.5) is 0 Å². The Labute approximate surface area is 515 Å². The van der Waals surface area contributed by atoms with Crippen LogP contribution in [-0.4, -0.2) is 254 Å². The van der Waals surface area contributed by atoms with E-state index in [1.54, 1.807) is 97.7 Å². The predicted molar refractivity (Wildman–Crippen MR) is 320 cm³/mol. The number of benzene rings is 1. The van der Waals surface area contributed by atoms with E-state index in [4.69, 9.17) is 23.7 Å². The number of rotatable bonds is 8. The molecule has 15 N–H and O–H groups in total. The van der Waals surface area contributed by atoms with Crippen molar-refractivity contribution in [3.63, 3.8) is 0 Å². The molecule has 0 aliphatic carbocycles. The van der Waals surface area contributed by atoms with E-state index in [1.165, 1.54) is 6.92 Å². The lowest BCUT2D eigenvalue weighted by Gasteiger charge is -2.48. The maximum absolute atomic E-state index is 14.9. The lowest BCUT2D eigenvalue weighted by molar-refractivity contribution is -0.323. The maximum Gasteiger partial charge on any atom is 0.308 e. The molecule has 5 aliphatic rings. The van der Waals surface area contributed by atoms with Crippen molar-refractivity contribution in [2.24, 2.45) is 17.8 Å². The summed E-state index contributed by atoms with van der Waals surface area (Å²) >= 11 is 0. The number of carbonyl (C=O) groups is 2. The van der Waals surface area contributed by atoms with Gasteiger partial charge in [-0.3, -0.25) is 14.5 Å². The molecule has 5 aliphatic heterocycles. The maximum atomic E-state index is 14.9. The lowest BCUT2D eigenvalue weighted by atomic mass is 9.81. The van der Waals surface area contributed by atoms with Gasteiger partial charge < -0.3 is 105 Å². The fraction of sp³-hybridized carbons (Fsp3) is 0.656. The number of fused-ring (bicyclic) bond motifs is 2. The molecule has 4 saturated heterocycles. The molecular formula is C64H97N3O21. The van der Waals surface area contributed by atoms with Crippen molar-refractivity contribution in [2.45, 2.75) is 207 Å². The Bertz CT molecular complexity index is 2490. The van der Waals surface area contributed by atoms with Crippen LogP contribution in [0, 0.1) is 17.8 Å². The average Bonchev–Trinajstić information content (AvgIpc) is 1.12. The first-order valence-electron chi connectivity index (χ1n) is 30.7. The highest BCUT2D eigenvalue weighted by Gasteiger charge is 2.53. The topological polar surface area (TPSA) is 382 Å². The molecule has 1 aromatic carbocycles. The summed E-state index contributed by atoms with van der Waals surface area (Å²) in [7, 11) is 0. The van der Waals surface area contributed by atoms with Crippen LogP contribution in [-0.2, 0) is 39.8 Å². The number of hydrogen-bond donors (Lipinski definition) is 15. The Morgan fingerprint density at radius 3 is 1.89 bits per heavy atom. The van der Waals surface area contributed by atoms with Gasteiger partial charge >= 0.3 is 5.97 Å². The molecule has 0 aromatic heterocycles. The first kappa shape index (κ1) is 72.6. The second kappa shape index (κ2) is 34.8. The van der Waals surface area contributed by atoms with Crippen LogP contribution in [0.3, 0.4) is 0 Å². The fourth-order valence-electron chi connectivity index (χ4n) is 11.7. The number of aliphatic hydroxyl groups is 14. The number of nitrogens with one attached hydrogen (secondary N) is 1. The largest absolute Gasteiger partial charge is 0.462 e. The summed E-state index contributed by atoms with van der Waals surface area (Å²) in [4.78, 5) is 31.5. The van der Waals surface area contributed by atoms with Crippen LogP contribution in [0.2, 0.25) is 0 Å². The zero-order chi connectivity index (χ0) is 64.3. The SMILES string of the molecule is CC1[C@H](C)OC(=O)C[C@H](O)C[C@H](O)CC[C@@H](O)[C@H](O)C[C@H](O)C[C@]2(O)C[C@H](O)C(C(=O)N3CCN(Cc4ccccc4)CC3)C(C[C@@H](O[C@@H]3O[C@H](C)[C@@H](O)[C@H](NC[C@@]4(O)OC[C@@H](O)[C@H](O)[C@@H]4O)[C@@H]3O)/C=C/C=C/C=C/C=C/C=C/C=C/C=C/[C@H](C)[C@H]1O)O2. The second-order valence-corrected chi connectivity index (χ2v) is 24.3. The van der Waals surface area contributed by atoms with E-state index in [-0.39, 0.29) is 44.7 Å². The van der Waals surface area contributed by atoms with Gasteiger partial charge in [-0.15, -0.1) is 0 Å². The highest BCUT2D eigenvalue weighted by molar-refractivity contribution is 5.80. The number of nitrogens with zero attached hydrogens (tertiary/aromatic N) is 2.